The molecule has 0 aliphatic heterocycles. The molecule has 1 aliphatic rings. The molecule has 106 valence electrons. The molecule has 1 aliphatic carbocycles. The minimum atomic E-state index is 0.677. The van der Waals surface area contributed by atoms with Crippen molar-refractivity contribution in [2.24, 2.45) is 0 Å². The number of thioether (sulfide) groups is 1. The van der Waals surface area contributed by atoms with E-state index in [1.165, 1.54) is 25.0 Å². The van der Waals surface area contributed by atoms with Gasteiger partial charge >= 0.3 is 0 Å². The predicted molar refractivity (Wildman–Crippen MR) is 87.2 cm³/mol. The monoisotopic (exact) mass is 343 g/mol. The highest BCUT2D eigenvalue weighted by molar-refractivity contribution is 9.10. The molecule has 1 aromatic rings. The van der Waals surface area contributed by atoms with E-state index in [2.05, 4.69) is 39.9 Å². The first-order valence-corrected chi connectivity index (χ1v) is 8.87. The minimum absolute atomic E-state index is 0.677. The third-order valence-electron chi connectivity index (χ3n) is 3.41. The number of nitrogens with one attached hydrogen (secondary N) is 1. The Bertz CT molecular complexity index is 388. The molecule has 2 nitrogen and oxygen atoms in total. The highest BCUT2D eigenvalue weighted by atomic mass is 79.9. The summed E-state index contributed by atoms with van der Waals surface area (Å²) in [4.78, 5) is 0. The van der Waals surface area contributed by atoms with E-state index >= 15 is 0 Å². The fourth-order valence-electron chi connectivity index (χ4n) is 2.54. The summed E-state index contributed by atoms with van der Waals surface area (Å²) >= 11 is 5.55. The summed E-state index contributed by atoms with van der Waals surface area (Å²) in [6.07, 6.45) is 4.04. The van der Waals surface area contributed by atoms with Crippen molar-refractivity contribution in [3.8, 4) is 5.75 Å². The maximum absolute atomic E-state index is 5.74. The van der Waals surface area contributed by atoms with Gasteiger partial charge in [-0.1, -0.05) is 35.3 Å². The normalized spacial score (nSPS) is 22.6. The first-order valence-electron chi connectivity index (χ1n) is 7.03. The van der Waals surface area contributed by atoms with Gasteiger partial charge in [0.1, 0.15) is 12.4 Å². The fourth-order valence-corrected chi connectivity index (χ4v) is 4.15. The summed E-state index contributed by atoms with van der Waals surface area (Å²) in [5.74, 6) is 2.15. The van der Waals surface area contributed by atoms with Crippen LogP contribution in [-0.2, 0) is 0 Å². The zero-order valence-electron chi connectivity index (χ0n) is 11.4. The lowest BCUT2D eigenvalue weighted by molar-refractivity contribution is 0.305. The average Bonchev–Trinajstić information content (AvgIpc) is 2.83. The van der Waals surface area contributed by atoms with Gasteiger partial charge in [-0.2, -0.15) is 11.8 Å². The van der Waals surface area contributed by atoms with Gasteiger partial charge in [-0.05, 0) is 36.8 Å². The van der Waals surface area contributed by atoms with E-state index in [1.54, 1.807) is 0 Å². The van der Waals surface area contributed by atoms with Crippen molar-refractivity contribution in [1.29, 1.82) is 0 Å². The van der Waals surface area contributed by atoms with E-state index in [0.717, 1.165) is 28.6 Å². The molecule has 0 amide bonds. The molecule has 0 bridgehead atoms. The molecule has 2 unspecified atom stereocenters. The SMILES string of the molecule is CCSC1CCCC1NCCOc1cccc(Br)c1. The molecule has 0 heterocycles. The van der Waals surface area contributed by atoms with E-state index in [9.17, 15) is 0 Å². The van der Waals surface area contributed by atoms with Crippen LogP contribution in [0.2, 0.25) is 0 Å². The quantitative estimate of drug-likeness (QED) is 0.753. The number of hydrogen-bond donors (Lipinski definition) is 1. The second kappa shape index (κ2) is 8.18. The zero-order chi connectivity index (χ0) is 13.5. The van der Waals surface area contributed by atoms with E-state index < -0.39 is 0 Å². The van der Waals surface area contributed by atoms with Gasteiger partial charge in [0.15, 0.2) is 0 Å². The van der Waals surface area contributed by atoms with Gasteiger partial charge in [0.2, 0.25) is 0 Å². The van der Waals surface area contributed by atoms with Crippen molar-refractivity contribution in [1.82, 2.24) is 5.32 Å². The highest BCUT2D eigenvalue weighted by Crippen LogP contribution is 2.29. The molecule has 1 N–H and O–H groups in total. The first-order chi connectivity index (χ1) is 9.29. The lowest BCUT2D eigenvalue weighted by Gasteiger charge is -2.20. The molecule has 0 saturated heterocycles. The number of benzene rings is 1. The van der Waals surface area contributed by atoms with Crippen molar-refractivity contribution in [2.75, 3.05) is 18.9 Å². The summed E-state index contributed by atoms with van der Waals surface area (Å²) in [5.41, 5.74) is 0. The van der Waals surface area contributed by atoms with Crippen LogP contribution in [0.15, 0.2) is 28.7 Å². The van der Waals surface area contributed by atoms with E-state index in [-0.39, 0.29) is 0 Å². The Labute approximate surface area is 128 Å². The molecule has 19 heavy (non-hydrogen) atoms. The largest absolute Gasteiger partial charge is 0.492 e. The summed E-state index contributed by atoms with van der Waals surface area (Å²) in [6.45, 7) is 3.91. The van der Waals surface area contributed by atoms with Crippen LogP contribution >= 0.6 is 27.7 Å². The van der Waals surface area contributed by atoms with Gasteiger partial charge in [-0.25, -0.2) is 0 Å². The van der Waals surface area contributed by atoms with Crippen molar-refractivity contribution in [2.45, 2.75) is 37.5 Å². The zero-order valence-corrected chi connectivity index (χ0v) is 13.8. The Balaban J connectivity index is 1.66. The highest BCUT2D eigenvalue weighted by Gasteiger charge is 2.26. The first kappa shape index (κ1) is 15.2. The number of halogens is 1. The van der Waals surface area contributed by atoms with Gasteiger partial charge in [-0.3, -0.25) is 0 Å². The molecule has 0 radical (unpaired) electrons. The second-order valence-corrected chi connectivity index (χ2v) is 7.22. The molecule has 4 heteroatoms. The van der Waals surface area contributed by atoms with E-state index in [4.69, 9.17) is 4.74 Å². The van der Waals surface area contributed by atoms with Crippen LogP contribution in [-0.4, -0.2) is 30.2 Å². The Morgan fingerprint density at radius 1 is 1.42 bits per heavy atom. The summed E-state index contributed by atoms with van der Waals surface area (Å²) in [6, 6.07) is 8.69. The molecule has 0 aromatic heterocycles. The van der Waals surface area contributed by atoms with E-state index in [1.807, 2.05) is 24.3 Å². The Hall–Kier alpha value is -0.190. The van der Waals surface area contributed by atoms with Crippen molar-refractivity contribution >= 4 is 27.7 Å². The Kier molecular flexibility index (Phi) is 6.54. The van der Waals surface area contributed by atoms with Crippen LogP contribution in [0.25, 0.3) is 0 Å². The minimum Gasteiger partial charge on any atom is -0.492 e. The lowest BCUT2D eigenvalue weighted by atomic mass is 10.2. The van der Waals surface area contributed by atoms with Crippen molar-refractivity contribution < 1.29 is 4.74 Å². The van der Waals surface area contributed by atoms with Crippen LogP contribution in [0.5, 0.6) is 5.75 Å². The summed E-state index contributed by atoms with van der Waals surface area (Å²) in [5, 5.41) is 4.45. The average molecular weight is 344 g/mol. The van der Waals surface area contributed by atoms with Gasteiger partial charge in [0, 0.05) is 22.3 Å². The second-order valence-electron chi connectivity index (χ2n) is 4.79. The number of rotatable bonds is 7. The maximum Gasteiger partial charge on any atom is 0.120 e. The predicted octanol–water partition coefficient (Wildman–Crippen LogP) is 4.09. The fraction of sp³-hybridized carbons (Fsp3) is 0.600. The summed E-state index contributed by atoms with van der Waals surface area (Å²) < 4.78 is 6.81. The molecule has 1 fully saturated rings. The van der Waals surface area contributed by atoms with Crippen LogP contribution in [0, 0.1) is 0 Å². The Morgan fingerprint density at radius 3 is 3.11 bits per heavy atom. The number of ether oxygens (including phenoxy) is 1. The molecule has 2 atom stereocenters. The molecule has 0 spiro atoms. The van der Waals surface area contributed by atoms with Crippen LogP contribution in [0.1, 0.15) is 26.2 Å². The third kappa shape index (κ3) is 5.01. The lowest BCUT2D eigenvalue weighted by Crippen LogP contribution is -2.36. The smallest absolute Gasteiger partial charge is 0.120 e. The van der Waals surface area contributed by atoms with Crippen molar-refractivity contribution in [3.63, 3.8) is 0 Å². The third-order valence-corrected chi connectivity index (χ3v) is 5.23. The van der Waals surface area contributed by atoms with E-state index in [0.29, 0.717) is 6.04 Å². The van der Waals surface area contributed by atoms with Gasteiger partial charge in [0.25, 0.3) is 0 Å². The summed E-state index contributed by atoms with van der Waals surface area (Å²) in [7, 11) is 0. The van der Waals surface area contributed by atoms with Crippen molar-refractivity contribution in [3.05, 3.63) is 28.7 Å². The Morgan fingerprint density at radius 2 is 2.32 bits per heavy atom. The van der Waals surface area contributed by atoms with Crippen LogP contribution in [0.3, 0.4) is 0 Å². The van der Waals surface area contributed by atoms with Crippen LogP contribution in [0.4, 0.5) is 0 Å². The maximum atomic E-state index is 5.74. The van der Waals surface area contributed by atoms with Crippen LogP contribution < -0.4 is 10.1 Å². The van der Waals surface area contributed by atoms with Gasteiger partial charge in [0.05, 0.1) is 0 Å². The molecule has 1 aromatic carbocycles. The van der Waals surface area contributed by atoms with Gasteiger partial charge in [-0.15, -0.1) is 0 Å². The topological polar surface area (TPSA) is 21.3 Å². The van der Waals surface area contributed by atoms with Gasteiger partial charge < -0.3 is 10.1 Å². The standard InChI is InChI=1S/C15H22BrNOS/c1-2-19-15-8-4-7-14(15)17-9-10-18-13-6-3-5-12(16)11-13/h3,5-6,11,14-15,17H,2,4,7-10H2,1H3. The molecular formula is C15H22BrNOS. The number of hydrogen-bond acceptors (Lipinski definition) is 3. The molecular weight excluding hydrogens is 322 g/mol. The molecule has 2 rings (SSSR count). The molecule has 1 saturated carbocycles.